The minimum Gasteiger partial charge on any atom is -0.394 e. The number of aliphatic hydroxyl groups excluding tert-OH is 1. The normalized spacial score (nSPS) is 16.5. The Hall–Kier alpha value is -1.59. The maximum atomic E-state index is 11.9. The van der Waals surface area contributed by atoms with E-state index >= 15 is 0 Å². The van der Waals surface area contributed by atoms with Crippen LogP contribution in [0.1, 0.15) is 42.9 Å². The maximum Gasteiger partial charge on any atom is 0.315 e. The maximum absolute atomic E-state index is 11.9. The van der Waals surface area contributed by atoms with Gasteiger partial charge in [0.25, 0.3) is 0 Å². The fourth-order valence-electron chi connectivity index (χ4n) is 2.74. The fraction of sp³-hybridized carbons (Fsp3) is 0.588. The molecule has 2 rings (SSSR count). The Kier molecular flexibility index (Phi) is 6.68. The third kappa shape index (κ3) is 5.31. The smallest absolute Gasteiger partial charge is 0.315 e. The molecule has 0 spiro atoms. The molecule has 1 aromatic carbocycles. The molecule has 5 nitrogen and oxygen atoms in total. The van der Waals surface area contributed by atoms with E-state index in [1.807, 2.05) is 31.2 Å². The van der Waals surface area contributed by atoms with Gasteiger partial charge < -0.3 is 20.5 Å². The Morgan fingerprint density at radius 1 is 1.32 bits per heavy atom. The van der Waals surface area contributed by atoms with Crippen LogP contribution in [0.5, 0.6) is 0 Å². The van der Waals surface area contributed by atoms with Crippen molar-refractivity contribution in [2.24, 2.45) is 0 Å². The molecule has 0 aromatic heterocycles. The van der Waals surface area contributed by atoms with Crippen LogP contribution in [0.3, 0.4) is 0 Å². The highest BCUT2D eigenvalue weighted by molar-refractivity contribution is 5.74. The van der Waals surface area contributed by atoms with Gasteiger partial charge in [0.2, 0.25) is 0 Å². The SMILES string of the molecule is Cc1ccc([C@@H](CNC(=O)NC2CCCC2)OCCO)cc1. The molecule has 3 N–H and O–H groups in total. The second-order valence-electron chi connectivity index (χ2n) is 5.83. The lowest BCUT2D eigenvalue weighted by atomic mass is 10.1. The highest BCUT2D eigenvalue weighted by atomic mass is 16.5. The molecule has 0 saturated heterocycles. The summed E-state index contributed by atoms with van der Waals surface area (Å²) in [6, 6.07) is 8.18. The molecule has 5 heteroatoms. The minimum absolute atomic E-state index is 0.0311. The number of carbonyl (C=O) groups excluding carboxylic acids is 1. The zero-order valence-electron chi connectivity index (χ0n) is 13.2. The number of nitrogens with one attached hydrogen (secondary N) is 2. The van der Waals surface area contributed by atoms with Gasteiger partial charge in [-0.25, -0.2) is 4.79 Å². The summed E-state index contributed by atoms with van der Waals surface area (Å²) in [5.41, 5.74) is 2.18. The van der Waals surface area contributed by atoms with Crippen LogP contribution >= 0.6 is 0 Å². The predicted molar refractivity (Wildman–Crippen MR) is 85.7 cm³/mol. The van der Waals surface area contributed by atoms with E-state index in [9.17, 15) is 4.79 Å². The largest absolute Gasteiger partial charge is 0.394 e. The average molecular weight is 306 g/mol. The molecule has 1 atom stereocenters. The van der Waals surface area contributed by atoms with Crippen molar-refractivity contribution in [3.8, 4) is 0 Å². The first-order valence-corrected chi connectivity index (χ1v) is 8.02. The molecule has 122 valence electrons. The van der Waals surface area contributed by atoms with Crippen molar-refractivity contribution < 1.29 is 14.6 Å². The Morgan fingerprint density at radius 2 is 2.00 bits per heavy atom. The average Bonchev–Trinajstić information content (AvgIpc) is 3.01. The van der Waals surface area contributed by atoms with Crippen LogP contribution in [0.15, 0.2) is 24.3 Å². The molecule has 1 aliphatic rings. The van der Waals surface area contributed by atoms with E-state index in [2.05, 4.69) is 10.6 Å². The number of ether oxygens (including phenoxy) is 1. The second-order valence-corrected chi connectivity index (χ2v) is 5.83. The molecule has 0 heterocycles. The van der Waals surface area contributed by atoms with Crippen LogP contribution in [0.2, 0.25) is 0 Å². The number of carbonyl (C=O) groups is 1. The van der Waals surface area contributed by atoms with Gasteiger partial charge in [-0.3, -0.25) is 0 Å². The molecule has 1 aromatic rings. The fourth-order valence-corrected chi connectivity index (χ4v) is 2.74. The summed E-state index contributed by atoms with van der Waals surface area (Å²) in [5, 5.41) is 14.8. The summed E-state index contributed by atoms with van der Waals surface area (Å²) in [4.78, 5) is 11.9. The van der Waals surface area contributed by atoms with E-state index in [0.29, 0.717) is 12.6 Å². The van der Waals surface area contributed by atoms with Crippen LogP contribution < -0.4 is 10.6 Å². The van der Waals surface area contributed by atoms with E-state index in [-0.39, 0.29) is 25.3 Å². The van der Waals surface area contributed by atoms with Gasteiger partial charge >= 0.3 is 6.03 Å². The lowest BCUT2D eigenvalue weighted by molar-refractivity contribution is 0.0294. The Morgan fingerprint density at radius 3 is 2.64 bits per heavy atom. The quantitative estimate of drug-likeness (QED) is 0.724. The lowest BCUT2D eigenvalue weighted by Crippen LogP contribution is -2.42. The molecular weight excluding hydrogens is 280 g/mol. The topological polar surface area (TPSA) is 70.6 Å². The van der Waals surface area contributed by atoms with Crippen LogP contribution in [-0.2, 0) is 4.74 Å². The third-order valence-electron chi connectivity index (χ3n) is 4.00. The monoisotopic (exact) mass is 306 g/mol. The van der Waals surface area contributed by atoms with E-state index in [1.165, 1.54) is 18.4 Å². The van der Waals surface area contributed by atoms with Crippen molar-refractivity contribution in [3.05, 3.63) is 35.4 Å². The number of aryl methyl sites for hydroxylation is 1. The first-order valence-electron chi connectivity index (χ1n) is 8.02. The van der Waals surface area contributed by atoms with Gasteiger partial charge in [-0.05, 0) is 25.3 Å². The van der Waals surface area contributed by atoms with E-state index in [4.69, 9.17) is 9.84 Å². The summed E-state index contributed by atoms with van der Waals surface area (Å²) in [6.45, 7) is 2.64. The lowest BCUT2D eigenvalue weighted by Gasteiger charge is -2.20. The zero-order valence-corrected chi connectivity index (χ0v) is 13.2. The highest BCUT2D eigenvalue weighted by Gasteiger charge is 2.18. The Balaban J connectivity index is 1.85. The van der Waals surface area contributed by atoms with Gasteiger partial charge in [-0.2, -0.15) is 0 Å². The van der Waals surface area contributed by atoms with Crippen LogP contribution in [0.25, 0.3) is 0 Å². The number of hydrogen-bond acceptors (Lipinski definition) is 3. The van der Waals surface area contributed by atoms with Gasteiger partial charge in [0.1, 0.15) is 0 Å². The molecule has 22 heavy (non-hydrogen) atoms. The highest BCUT2D eigenvalue weighted by Crippen LogP contribution is 2.18. The summed E-state index contributed by atoms with van der Waals surface area (Å²) >= 11 is 0. The van der Waals surface area contributed by atoms with Crippen molar-refractivity contribution >= 4 is 6.03 Å². The number of urea groups is 1. The zero-order chi connectivity index (χ0) is 15.8. The number of hydrogen-bond donors (Lipinski definition) is 3. The third-order valence-corrected chi connectivity index (χ3v) is 4.00. The van der Waals surface area contributed by atoms with E-state index < -0.39 is 0 Å². The molecule has 0 radical (unpaired) electrons. The van der Waals surface area contributed by atoms with Crippen molar-refractivity contribution in [2.45, 2.75) is 44.8 Å². The molecule has 0 unspecified atom stereocenters. The van der Waals surface area contributed by atoms with Crippen molar-refractivity contribution in [2.75, 3.05) is 19.8 Å². The van der Waals surface area contributed by atoms with Gasteiger partial charge in [-0.1, -0.05) is 42.7 Å². The van der Waals surface area contributed by atoms with Crippen LogP contribution in [-0.4, -0.2) is 36.9 Å². The first-order chi connectivity index (χ1) is 10.7. The number of amides is 2. The van der Waals surface area contributed by atoms with Gasteiger partial charge in [0.05, 0.1) is 19.3 Å². The first kappa shape index (κ1) is 16.8. The Labute approximate surface area is 132 Å². The van der Waals surface area contributed by atoms with E-state index in [1.54, 1.807) is 0 Å². The number of aliphatic hydroxyl groups is 1. The summed E-state index contributed by atoms with van der Waals surface area (Å²) in [6.07, 6.45) is 4.26. The van der Waals surface area contributed by atoms with Crippen molar-refractivity contribution in [1.82, 2.24) is 10.6 Å². The molecule has 1 saturated carbocycles. The molecule has 1 aliphatic carbocycles. The summed E-state index contributed by atoms with van der Waals surface area (Å²) in [5.74, 6) is 0. The second kappa shape index (κ2) is 8.76. The minimum atomic E-state index is -0.248. The van der Waals surface area contributed by atoms with E-state index in [0.717, 1.165) is 18.4 Å². The molecule has 0 aliphatic heterocycles. The summed E-state index contributed by atoms with van der Waals surface area (Å²) < 4.78 is 5.65. The van der Waals surface area contributed by atoms with Gasteiger partial charge in [0.15, 0.2) is 0 Å². The molecular formula is C17H26N2O3. The van der Waals surface area contributed by atoms with Crippen LogP contribution in [0.4, 0.5) is 4.79 Å². The molecule has 1 fully saturated rings. The Bertz CT molecular complexity index is 455. The molecule has 0 bridgehead atoms. The number of rotatable bonds is 7. The van der Waals surface area contributed by atoms with Gasteiger partial charge in [0, 0.05) is 12.6 Å². The van der Waals surface area contributed by atoms with Crippen LogP contribution in [0, 0.1) is 6.92 Å². The van der Waals surface area contributed by atoms with Crippen molar-refractivity contribution in [3.63, 3.8) is 0 Å². The number of benzene rings is 1. The van der Waals surface area contributed by atoms with Gasteiger partial charge in [-0.15, -0.1) is 0 Å². The molecule has 2 amide bonds. The predicted octanol–water partition coefficient (Wildman–Crippen LogP) is 2.29. The summed E-state index contributed by atoms with van der Waals surface area (Å²) in [7, 11) is 0. The van der Waals surface area contributed by atoms with Crippen molar-refractivity contribution in [1.29, 1.82) is 0 Å². The standard InChI is InChI=1S/C17H26N2O3/c1-13-6-8-14(9-7-13)16(22-11-10-20)12-18-17(21)19-15-4-2-3-5-15/h6-9,15-16,20H,2-5,10-12H2,1H3,(H2,18,19,21)/t16-/m1/s1.